The van der Waals surface area contributed by atoms with Crippen LogP contribution >= 0.6 is 0 Å². The van der Waals surface area contributed by atoms with Crippen LogP contribution in [-0.4, -0.2) is 23.5 Å². The fraction of sp³-hybridized carbons (Fsp3) is 1.00. The molecule has 0 aromatic heterocycles. The first-order chi connectivity index (χ1) is 6.48. The van der Waals surface area contributed by atoms with Gasteiger partial charge in [-0.15, -0.1) is 0 Å². The van der Waals surface area contributed by atoms with E-state index in [0.29, 0.717) is 5.41 Å². The van der Waals surface area contributed by atoms with Crippen molar-refractivity contribution in [1.29, 1.82) is 0 Å². The molecule has 0 N–H and O–H groups in total. The average Bonchev–Trinajstić information content (AvgIpc) is 2.70. The van der Waals surface area contributed by atoms with Crippen molar-refractivity contribution in [2.24, 2.45) is 5.41 Å². The molecule has 0 spiro atoms. The van der Waals surface area contributed by atoms with Crippen molar-refractivity contribution in [3.8, 4) is 0 Å². The Hall–Kier alpha value is -0.0400. The molecule has 0 aromatic carbocycles. The maximum absolute atomic E-state index is 2.66. The number of hydrogen-bond acceptors (Lipinski definition) is 1. The minimum atomic E-state index is 0.476. The van der Waals surface area contributed by atoms with Gasteiger partial charge in [0.2, 0.25) is 0 Å². The predicted molar refractivity (Wildman–Crippen MR) is 63.6 cm³/mol. The molecule has 1 unspecified atom stereocenters. The van der Waals surface area contributed by atoms with Crippen LogP contribution < -0.4 is 0 Å². The summed E-state index contributed by atoms with van der Waals surface area (Å²) in [5.41, 5.74) is 0.476. The molecule has 1 aliphatic rings. The summed E-state index contributed by atoms with van der Waals surface area (Å²) in [4.78, 5) is 2.66. The highest BCUT2D eigenvalue weighted by atomic mass is 15.4. The number of nitrogens with zero attached hydrogens (tertiary/aromatic N) is 1. The van der Waals surface area contributed by atoms with Crippen molar-refractivity contribution in [3.63, 3.8) is 0 Å². The Balaban J connectivity index is 2.16. The summed E-state index contributed by atoms with van der Waals surface area (Å²) in [6, 6.07) is 1.67. The lowest BCUT2D eigenvalue weighted by atomic mass is 9.90. The molecule has 1 heterocycles. The highest BCUT2D eigenvalue weighted by Gasteiger charge is 2.49. The van der Waals surface area contributed by atoms with Crippen LogP contribution in [0, 0.1) is 5.41 Å². The number of rotatable bonds is 5. The van der Waals surface area contributed by atoms with Gasteiger partial charge in [0.05, 0.1) is 0 Å². The van der Waals surface area contributed by atoms with Gasteiger partial charge in [0.1, 0.15) is 0 Å². The zero-order valence-corrected chi connectivity index (χ0v) is 10.6. The van der Waals surface area contributed by atoms with E-state index in [1.807, 2.05) is 0 Å². The standard InChI is InChI=1S/C13H27N/c1-6-7-8-9-10-14-11(2)12(14)13(3,4)5/h11-12H,6-10H2,1-5H3/t11-,12+,14?/m1/s1. The highest BCUT2D eigenvalue weighted by Crippen LogP contribution is 2.41. The first-order valence-electron chi connectivity index (χ1n) is 6.24. The molecule has 1 aliphatic heterocycles. The van der Waals surface area contributed by atoms with Crippen LogP contribution in [0.5, 0.6) is 0 Å². The minimum absolute atomic E-state index is 0.476. The molecular weight excluding hydrogens is 170 g/mol. The van der Waals surface area contributed by atoms with Crippen LogP contribution in [0.15, 0.2) is 0 Å². The van der Waals surface area contributed by atoms with E-state index >= 15 is 0 Å². The van der Waals surface area contributed by atoms with Gasteiger partial charge in [0.15, 0.2) is 0 Å². The van der Waals surface area contributed by atoms with Crippen molar-refractivity contribution in [2.75, 3.05) is 6.54 Å². The van der Waals surface area contributed by atoms with E-state index in [-0.39, 0.29) is 0 Å². The summed E-state index contributed by atoms with van der Waals surface area (Å²) < 4.78 is 0. The average molecular weight is 197 g/mol. The first kappa shape index (κ1) is 12.0. The zero-order chi connectivity index (χ0) is 10.8. The summed E-state index contributed by atoms with van der Waals surface area (Å²) in [5, 5.41) is 0. The minimum Gasteiger partial charge on any atom is -0.294 e. The normalized spacial score (nSPS) is 31.9. The molecule has 1 saturated heterocycles. The quantitative estimate of drug-likeness (QED) is 0.480. The van der Waals surface area contributed by atoms with Crippen LogP contribution in [0.2, 0.25) is 0 Å². The number of hydrogen-bond donors (Lipinski definition) is 0. The van der Waals surface area contributed by atoms with E-state index in [4.69, 9.17) is 0 Å². The first-order valence-corrected chi connectivity index (χ1v) is 6.24. The lowest BCUT2D eigenvalue weighted by Gasteiger charge is -2.18. The van der Waals surface area contributed by atoms with Crippen LogP contribution in [-0.2, 0) is 0 Å². The van der Waals surface area contributed by atoms with E-state index < -0.39 is 0 Å². The van der Waals surface area contributed by atoms with Gasteiger partial charge in [-0.3, -0.25) is 4.90 Å². The van der Waals surface area contributed by atoms with Crippen molar-refractivity contribution in [3.05, 3.63) is 0 Å². The molecule has 14 heavy (non-hydrogen) atoms. The van der Waals surface area contributed by atoms with Gasteiger partial charge in [-0.25, -0.2) is 0 Å². The van der Waals surface area contributed by atoms with Gasteiger partial charge in [0, 0.05) is 12.1 Å². The third-order valence-corrected chi connectivity index (χ3v) is 3.40. The molecule has 0 amide bonds. The second-order valence-electron chi connectivity index (χ2n) is 5.85. The fourth-order valence-electron chi connectivity index (χ4n) is 2.69. The Morgan fingerprint density at radius 2 is 1.71 bits per heavy atom. The fourth-order valence-corrected chi connectivity index (χ4v) is 2.69. The van der Waals surface area contributed by atoms with Crippen LogP contribution in [0.25, 0.3) is 0 Å². The summed E-state index contributed by atoms with van der Waals surface area (Å²) in [5.74, 6) is 0. The molecule has 1 heteroatoms. The second kappa shape index (κ2) is 4.65. The predicted octanol–water partition coefficient (Wildman–Crippen LogP) is 3.69. The maximum Gasteiger partial charge on any atom is 0.0300 e. The molecule has 0 radical (unpaired) electrons. The molecule has 0 saturated carbocycles. The van der Waals surface area contributed by atoms with Crippen molar-refractivity contribution >= 4 is 0 Å². The van der Waals surface area contributed by atoms with E-state index in [2.05, 4.69) is 39.5 Å². The van der Waals surface area contributed by atoms with Crippen LogP contribution in [0.3, 0.4) is 0 Å². The molecule has 1 fully saturated rings. The van der Waals surface area contributed by atoms with E-state index in [0.717, 1.165) is 12.1 Å². The maximum atomic E-state index is 2.66. The van der Waals surface area contributed by atoms with Crippen LogP contribution in [0.4, 0.5) is 0 Å². The number of unbranched alkanes of at least 4 members (excludes halogenated alkanes) is 3. The molecule has 84 valence electrons. The SMILES string of the molecule is CCCCCCN1[C@H](C)[C@H]1C(C)(C)C. The molecule has 3 atom stereocenters. The molecule has 1 rings (SSSR count). The highest BCUT2D eigenvalue weighted by molar-refractivity contribution is 5.05. The van der Waals surface area contributed by atoms with Gasteiger partial charge in [-0.2, -0.15) is 0 Å². The Morgan fingerprint density at radius 1 is 1.07 bits per heavy atom. The Bertz CT molecular complexity index is 169. The molecule has 0 aliphatic carbocycles. The Morgan fingerprint density at radius 3 is 2.14 bits per heavy atom. The topological polar surface area (TPSA) is 3.01 Å². The van der Waals surface area contributed by atoms with E-state index in [1.165, 1.54) is 32.2 Å². The smallest absolute Gasteiger partial charge is 0.0300 e. The largest absolute Gasteiger partial charge is 0.294 e. The van der Waals surface area contributed by atoms with Gasteiger partial charge in [-0.05, 0) is 25.3 Å². The molecule has 0 aromatic rings. The third-order valence-electron chi connectivity index (χ3n) is 3.40. The lowest BCUT2D eigenvalue weighted by Crippen LogP contribution is -2.19. The Kier molecular flexibility index (Phi) is 4.00. The van der Waals surface area contributed by atoms with Gasteiger partial charge < -0.3 is 0 Å². The second-order valence-corrected chi connectivity index (χ2v) is 5.85. The van der Waals surface area contributed by atoms with Crippen molar-refractivity contribution in [2.45, 2.75) is 72.4 Å². The zero-order valence-electron chi connectivity index (χ0n) is 10.6. The monoisotopic (exact) mass is 197 g/mol. The summed E-state index contributed by atoms with van der Waals surface area (Å²) in [6.45, 7) is 13.1. The van der Waals surface area contributed by atoms with Crippen molar-refractivity contribution in [1.82, 2.24) is 4.90 Å². The molecule has 1 nitrogen and oxygen atoms in total. The summed E-state index contributed by atoms with van der Waals surface area (Å²) in [6.07, 6.45) is 5.56. The van der Waals surface area contributed by atoms with Gasteiger partial charge in [0.25, 0.3) is 0 Å². The summed E-state index contributed by atoms with van der Waals surface area (Å²) in [7, 11) is 0. The lowest BCUT2D eigenvalue weighted by molar-refractivity contribution is 0.323. The van der Waals surface area contributed by atoms with Gasteiger partial charge in [-0.1, -0.05) is 47.0 Å². The molecule has 0 bridgehead atoms. The van der Waals surface area contributed by atoms with E-state index in [1.54, 1.807) is 0 Å². The third kappa shape index (κ3) is 2.98. The summed E-state index contributed by atoms with van der Waals surface area (Å²) >= 11 is 0. The van der Waals surface area contributed by atoms with Gasteiger partial charge >= 0.3 is 0 Å². The van der Waals surface area contributed by atoms with E-state index in [9.17, 15) is 0 Å². The molecular formula is C13H27N. The Labute approximate surface area is 89.9 Å². The van der Waals surface area contributed by atoms with Crippen LogP contribution in [0.1, 0.15) is 60.3 Å². The van der Waals surface area contributed by atoms with Crippen molar-refractivity contribution < 1.29 is 0 Å².